The number of nitrogens with zero attached hydrogens (tertiary/aromatic N) is 5. The highest BCUT2D eigenvalue weighted by molar-refractivity contribution is 6.29. The first kappa shape index (κ1) is 20.4. The minimum absolute atomic E-state index is 0.0822. The van der Waals surface area contributed by atoms with Crippen LogP contribution in [0.15, 0.2) is 36.5 Å². The SMILES string of the molecule is O=C(c1cc([N+](=O)[O-])ccc1N1CCOCC1)N1CCN(c2ccc(Cl)nc2)CC1. The van der Waals surface area contributed by atoms with Crippen molar-refractivity contribution >= 4 is 34.6 Å². The zero-order valence-corrected chi connectivity index (χ0v) is 17.1. The number of morpholine rings is 1. The Morgan fingerprint density at radius 1 is 1.03 bits per heavy atom. The molecule has 9 nitrogen and oxygen atoms in total. The summed E-state index contributed by atoms with van der Waals surface area (Å²) in [6.07, 6.45) is 1.72. The lowest BCUT2D eigenvalue weighted by Gasteiger charge is -2.37. The van der Waals surface area contributed by atoms with E-state index in [0.29, 0.717) is 63.2 Å². The Morgan fingerprint density at radius 2 is 1.77 bits per heavy atom. The molecule has 0 atom stereocenters. The highest BCUT2D eigenvalue weighted by Gasteiger charge is 2.28. The third-order valence-electron chi connectivity index (χ3n) is 5.42. The number of amides is 1. The van der Waals surface area contributed by atoms with Crippen LogP contribution in [0.25, 0.3) is 0 Å². The zero-order valence-electron chi connectivity index (χ0n) is 16.4. The van der Waals surface area contributed by atoms with Gasteiger partial charge in [-0.1, -0.05) is 11.6 Å². The maximum Gasteiger partial charge on any atom is 0.270 e. The molecule has 0 bridgehead atoms. The number of carbonyl (C=O) groups excluding carboxylic acids is 1. The summed E-state index contributed by atoms with van der Waals surface area (Å²) in [5, 5.41) is 11.7. The lowest BCUT2D eigenvalue weighted by molar-refractivity contribution is -0.384. The molecule has 0 aliphatic carbocycles. The average molecular weight is 432 g/mol. The Balaban J connectivity index is 1.52. The fourth-order valence-electron chi connectivity index (χ4n) is 3.78. The molecule has 2 aliphatic rings. The van der Waals surface area contributed by atoms with E-state index >= 15 is 0 Å². The van der Waals surface area contributed by atoms with E-state index in [1.165, 1.54) is 12.1 Å². The van der Waals surface area contributed by atoms with E-state index in [1.54, 1.807) is 23.2 Å². The number of carbonyl (C=O) groups is 1. The third kappa shape index (κ3) is 4.31. The highest BCUT2D eigenvalue weighted by Crippen LogP contribution is 2.28. The normalized spacial score (nSPS) is 17.2. The van der Waals surface area contributed by atoms with Crippen molar-refractivity contribution < 1.29 is 14.5 Å². The molecule has 0 radical (unpaired) electrons. The van der Waals surface area contributed by atoms with Crippen LogP contribution in [0.4, 0.5) is 17.1 Å². The van der Waals surface area contributed by atoms with E-state index < -0.39 is 4.92 Å². The van der Waals surface area contributed by atoms with Crippen LogP contribution in [0.5, 0.6) is 0 Å². The minimum Gasteiger partial charge on any atom is -0.378 e. The van der Waals surface area contributed by atoms with Gasteiger partial charge in [-0.2, -0.15) is 0 Å². The molecule has 0 spiro atoms. The molecule has 10 heteroatoms. The van der Waals surface area contributed by atoms with E-state index in [0.717, 1.165) is 11.4 Å². The van der Waals surface area contributed by atoms with Gasteiger partial charge in [-0.15, -0.1) is 0 Å². The van der Waals surface area contributed by atoms with Gasteiger partial charge in [0.2, 0.25) is 0 Å². The number of nitro benzene ring substituents is 1. The number of ether oxygens (including phenoxy) is 1. The van der Waals surface area contributed by atoms with Crippen molar-refractivity contribution in [2.24, 2.45) is 0 Å². The van der Waals surface area contributed by atoms with Gasteiger partial charge >= 0.3 is 0 Å². The first-order valence-corrected chi connectivity index (χ1v) is 10.2. The summed E-state index contributed by atoms with van der Waals surface area (Å²) in [7, 11) is 0. The van der Waals surface area contributed by atoms with Crippen LogP contribution in [0.1, 0.15) is 10.4 Å². The van der Waals surface area contributed by atoms with Gasteiger partial charge < -0.3 is 19.4 Å². The summed E-state index contributed by atoms with van der Waals surface area (Å²) >= 11 is 5.85. The number of aromatic nitrogens is 1. The molecular weight excluding hydrogens is 410 g/mol. The number of anilines is 2. The minimum atomic E-state index is -0.467. The summed E-state index contributed by atoms with van der Waals surface area (Å²) < 4.78 is 5.40. The number of rotatable bonds is 4. The highest BCUT2D eigenvalue weighted by atomic mass is 35.5. The molecule has 158 valence electrons. The Bertz CT molecular complexity index is 925. The van der Waals surface area contributed by atoms with E-state index in [2.05, 4.69) is 14.8 Å². The number of hydrogen-bond donors (Lipinski definition) is 0. The number of pyridine rings is 1. The molecule has 1 aromatic carbocycles. The van der Waals surface area contributed by atoms with Gasteiger partial charge in [0.1, 0.15) is 5.15 Å². The first-order chi connectivity index (χ1) is 14.5. The molecular formula is C20H22ClN5O4. The topological polar surface area (TPSA) is 92.0 Å². The van der Waals surface area contributed by atoms with Crippen LogP contribution in [-0.2, 0) is 4.74 Å². The molecule has 2 fully saturated rings. The van der Waals surface area contributed by atoms with Crippen LogP contribution in [-0.4, -0.2) is 73.2 Å². The average Bonchev–Trinajstić information content (AvgIpc) is 2.79. The molecule has 3 heterocycles. The molecule has 0 unspecified atom stereocenters. The Hall–Kier alpha value is -2.91. The van der Waals surface area contributed by atoms with Crippen LogP contribution in [0, 0.1) is 10.1 Å². The Labute approximate surface area is 178 Å². The number of benzene rings is 1. The van der Waals surface area contributed by atoms with Crippen molar-refractivity contribution in [1.29, 1.82) is 0 Å². The number of halogens is 1. The van der Waals surface area contributed by atoms with Gasteiger partial charge in [0, 0.05) is 51.4 Å². The lowest BCUT2D eigenvalue weighted by Crippen LogP contribution is -2.49. The molecule has 1 amide bonds. The zero-order chi connectivity index (χ0) is 21.1. The number of nitro groups is 1. The number of hydrogen-bond acceptors (Lipinski definition) is 7. The molecule has 2 aromatic rings. The van der Waals surface area contributed by atoms with Crippen molar-refractivity contribution in [3.63, 3.8) is 0 Å². The van der Waals surface area contributed by atoms with Crippen LogP contribution in [0.3, 0.4) is 0 Å². The van der Waals surface area contributed by atoms with Crippen LogP contribution in [0.2, 0.25) is 5.15 Å². The van der Waals surface area contributed by atoms with Crippen molar-refractivity contribution in [2.75, 3.05) is 62.3 Å². The van der Waals surface area contributed by atoms with E-state index in [-0.39, 0.29) is 11.6 Å². The Morgan fingerprint density at radius 3 is 2.40 bits per heavy atom. The fraction of sp³-hybridized carbons (Fsp3) is 0.400. The standard InChI is InChI=1S/C20H22ClN5O4/c21-19-4-2-16(14-22-19)23-5-7-25(8-6-23)20(27)17-13-15(26(28)29)1-3-18(17)24-9-11-30-12-10-24/h1-4,13-14H,5-12H2. The second kappa shape index (κ2) is 8.85. The lowest BCUT2D eigenvalue weighted by atomic mass is 10.1. The van der Waals surface area contributed by atoms with E-state index in [4.69, 9.17) is 16.3 Å². The molecule has 1 aromatic heterocycles. The van der Waals surface area contributed by atoms with Gasteiger partial charge in [0.15, 0.2) is 0 Å². The summed E-state index contributed by atoms with van der Waals surface area (Å²) in [5.74, 6) is -0.186. The molecule has 0 saturated carbocycles. The van der Waals surface area contributed by atoms with Crippen molar-refractivity contribution in [3.05, 3.63) is 57.4 Å². The summed E-state index contributed by atoms with van der Waals surface area (Å²) in [4.78, 5) is 34.2. The van der Waals surface area contributed by atoms with E-state index in [1.807, 2.05) is 6.07 Å². The smallest absolute Gasteiger partial charge is 0.270 e. The molecule has 4 rings (SSSR count). The summed E-state index contributed by atoms with van der Waals surface area (Å²) in [6.45, 7) is 4.77. The third-order valence-corrected chi connectivity index (χ3v) is 5.64. The van der Waals surface area contributed by atoms with Crippen molar-refractivity contribution in [1.82, 2.24) is 9.88 Å². The van der Waals surface area contributed by atoms with Crippen molar-refractivity contribution in [3.8, 4) is 0 Å². The van der Waals surface area contributed by atoms with E-state index in [9.17, 15) is 14.9 Å². The van der Waals surface area contributed by atoms with Crippen LogP contribution >= 0.6 is 11.6 Å². The fourth-order valence-corrected chi connectivity index (χ4v) is 3.89. The van der Waals surface area contributed by atoms with Crippen molar-refractivity contribution in [2.45, 2.75) is 0 Å². The summed E-state index contributed by atoms with van der Waals surface area (Å²) in [6, 6.07) is 8.16. The van der Waals surface area contributed by atoms with Gasteiger partial charge in [0.05, 0.1) is 41.3 Å². The van der Waals surface area contributed by atoms with Gasteiger partial charge in [-0.25, -0.2) is 4.98 Å². The molecule has 30 heavy (non-hydrogen) atoms. The second-order valence-electron chi connectivity index (χ2n) is 7.18. The molecule has 2 aliphatic heterocycles. The number of piperazine rings is 1. The van der Waals surface area contributed by atoms with Gasteiger partial charge in [0.25, 0.3) is 11.6 Å². The Kier molecular flexibility index (Phi) is 6.01. The maximum absolute atomic E-state index is 13.3. The first-order valence-electron chi connectivity index (χ1n) is 9.80. The molecule has 0 N–H and O–H groups in total. The van der Waals surface area contributed by atoms with Gasteiger partial charge in [-0.05, 0) is 18.2 Å². The predicted molar refractivity (Wildman–Crippen MR) is 113 cm³/mol. The largest absolute Gasteiger partial charge is 0.378 e. The summed E-state index contributed by atoms with van der Waals surface area (Å²) in [5.41, 5.74) is 1.96. The van der Waals surface area contributed by atoms with Crippen LogP contribution < -0.4 is 9.80 Å². The maximum atomic E-state index is 13.3. The monoisotopic (exact) mass is 431 g/mol. The second-order valence-corrected chi connectivity index (χ2v) is 7.56. The quantitative estimate of drug-likeness (QED) is 0.417. The number of non-ortho nitro benzene ring substituents is 1. The predicted octanol–water partition coefficient (Wildman–Crippen LogP) is 2.44. The molecule has 2 saturated heterocycles. The van der Waals surface area contributed by atoms with Gasteiger partial charge in [-0.3, -0.25) is 14.9 Å².